The van der Waals surface area contributed by atoms with E-state index in [1.54, 1.807) is 18.2 Å². The molecule has 0 bridgehead atoms. The van der Waals surface area contributed by atoms with Gasteiger partial charge in [-0.1, -0.05) is 6.07 Å². The van der Waals surface area contributed by atoms with Gasteiger partial charge in [-0.2, -0.15) is 4.31 Å². The summed E-state index contributed by atoms with van der Waals surface area (Å²) in [6.45, 7) is 5.69. The van der Waals surface area contributed by atoms with Gasteiger partial charge in [0.2, 0.25) is 10.0 Å². The number of hydrogen-bond acceptors (Lipinski definition) is 5. The SMILES string of the molecule is Cc1ccc(S(=O)(=O)N2CCC(C(=O)O[C@@H](C)C(N)=O)CC2)cc1C. The Morgan fingerprint density at radius 2 is 1.80 bits per heavy atom. The maximum atomic E-state index is 12.7. The molecule has 0 unspecified atom stereocenters. The zero-order valence-corrected chi connectivity index (χ0v) is 15.5. The fraction of sp³-hybridized carbons (Fsp3) is 0.529. The summed E-state index contributed by atoms with van der Waals surface area (Å²) in [5.41, 5.74) is 7.02. The number of amides is 1. The number of nitrogens with zero attached hydrogens (tertiary/aromatic N) is 1. The second-order valence-electron chi connectivity index (χ2n) is 6.41. The van der Waals surface area contributed by atoms with E-state index in [0.29, 0.717) is 12.8 Å². The highest BCUT2D eigenvalue weighted by atomic mass is 32.2. The van der Waals surface area contributed by atoms with Gasteiger partial charge in [0.25, 0.3) is 5.91 Å². The van der Waals surface area contributed by atoms with Crippen LogP contribution in [0.5, 0.6) is 0 Å². The van der Waals surface area contributed by atoms with Crippen LogP contribution < -0.4 is 5.73 Å². The largest absolute Gasteiger partial charge is 0.452 e. The summed E-state index contributed by atoms with van der Waals surface area (Å²) in [5.74, 6) is -1.63. The number of hydrogen-bond donors (Lipinski definition) is 1. The molecular weight excluding hydrogens is 344 g/mol. The Kier molecular flexibility index (Phi) is 5.84. The molecule has 25 heavy (non-hydrogen) atoms. The van der Waals surface area contributed by atoms with Crippen molar-refractivity contribution in [3.8, 4) is 0 Å². The highest BCUT2D eigenvalue weighted by Gasteiger charge is 2.33. The quantitative estimate of drug-likeness (QED) is 0.784. The number of sulfonamides is 1. The molecule has 8 heteroatoms. The average Bonchev–Trinajstić information content (AvgIpc) is 2.57. The van der Waals surface area contributed by atoms with E-state index in [0.717, 1.165) is 11.1 Å². The van der Waals surface area contributed by atoms with E-state index in [9.17, 15) is 18.0 Å². The summed E-state index contributed by atoms with van der Waals surface area (Å²) in [6, 6.07) is 5.06. The van der Waals surface area contributed by atoms with Gasteiger partial charge in [0, 0.05) is 13.1 Å². The van der Waals surface area contributed by atoms with Crippen LogP contribution in [0.1, 0.15) is 30.9 Å². The van der Waals surface area contributed by atoms with Crippen molar-refractivity contribution in [2.75, 3.05) is 13.1 Å². The molecule has 0 spiro atoms. The first-order valence-corrected chi connectivity index (χ1v) is 9.64. The van der Waals surface area contributed by atoms with Gasteiger partial charge in [0.15, 0.2) is 6.10 Å². The van der Waals surface area contributed by atoms with Crippen LogP contribution in [0, 0.1) is 19.8 Å². The van der Waals surface area contributed by atoms with E-state index in [4.69, 9.17) is 10.5 Å². The number of benzene rings is 1. The monoisotopic (exact) mass is 368 g/mol. The van der Waals surface area contributed by atoms with Crippen LogP contribution in [-0.2, 0) is 24.3 Å². The highest BCUT2D eigenvalue weighted by Crippen LogP contribution is 2.26. The first-order chi connectivity index (χ1) is 11.6. The number of carbonyl (C=O) groups is 2. The molecule has 1 aliphatic rings. The Morgan fingerprint density at radius 3 is 2.32 bits per heavy atom. The molecule has 1 fully saturated rings. The standard InChI is InChI=1S/C17H24N2O5S/c1-11-4-5-15(10-12(11)2)25(22,23)19-8-6-14(7-9-19)17(21)24-13(3)16(18)20/h4-5,10,13-14H,6-9H2,1-3H3,(H2,18,20)/t13-/m0/s1. The molecule has 1 amide bonds. The van der Waals surface area contributed by atoms with Crippen LogP contribution in [0.4, 0.5) is 0 Å². The molecule has 2 N–H and O–H groups in total. The molecule has 1 aromatic carbocycles. The lowest BCUT2D eigenvalue weighted by atomic mass is 9.98. The second-order valence-corrected chi connectivity index (χ2v) is 8.34. The fourth-order valence-electron chi connectivity index (χ4n) is 2.68. The second kappa shape index (κ2) is 7.53. The van der Waals surface area contributed by atoms with E-state index in [1.165, 1.54) is 11.2 Å². The lowest BCUT2D eigenvalue weighted by Gasteiger charge is -2.30. The van der Waals surface area contributed by atoms with Crippen LogP contribution in [-0.4, -0.2) is 43.8 Å². The summed E-state index contributed by atoms with van der Waals surface area (Å²) in [6.07, 6.45) is -0.271. The number of nitrogens with two attached hydrogens (primary N) is 1. The predicted molar refractivity (Wildman–Crippen MR) is 92.1 cm³/mol. The van der Waals surface area contributed by atoms with Crippen LogP contribution in [0.25, 0.3) is 0 Å². The van der Waals surface area contributed by atoms with Crippen LogP contribution in [0.3, 0.4) is 0 Å². The minimum atomic E-state index is -3.58. The van der Waals surface area contributed by atoms with Gasteiger partial charge < -0.3 is 10.5 Å². The smallest absolute Gasteiger partial charge is 0.309 e. The molecule has 2 rings (SSSR count). The number of ether oxygens (including phenoxy) is 1. The van der Waals surface area contributed by atoms with Gasteiger partial charge in [-0.05, 0) is 56.9 Å². The summed E-state index contributed by atoms with van der Waals surface area (Å²) >= 11 is 0. The Balaban J connectivity index is 2.02. The lowest BCUT2D eigenvalue weighted by molar-refractivity contribution is -0.159. The molecular formula is C17H24N2O5S. The normalized spacial score (nSPS) is 17.9. The molecule has 0 saturated carbocycles. The minimum Gasteiger partial charge on any atom is -0.452 e. The average molecular weight is 368 g/mol. The Morgan fingerprint density at radius 1 is 1.20 bits per heavy atom. The topological polar surface area (TPSA) is 107 Å². The van der Waals surface area contributed by atoms with Crippen molar-refractivity contribution < 1.29 is 22.7 Å². The number of esters is 1. The van der Waals surface area contributed by atoms with Crippen LogP contribution >= 0.6 is 0 Å². The summed E-state index contributed by atoms with van der Waals surface area (Å²) in [4.78, 5) is 23.3. The molecule has 0 aliphatic carbocycles. The van der Waals surface area contributed by atoms with Gasteiger partial charge in [0.05, 0.1) is 10.8 Å². The van der Waals surface area contributed by atoms with E-state index in [1.807, 2.05) is 13.8 Å². The molecule has 0 aromatic heterocycles. The molecule has 1 atom stereocenters. The molecule has 7 nitrogen and oxygen atoms in total. The summed E-state index contributed by atoms with van der Waals surface area (Å²) < 4.78 is 31.9. The first kappa shape index (κ1) is 19.4. The third-order valence-corrected chi connectivity index (χ3v) is 6.49. The minimum absolute atomic E-state index is 0.236. The van der Waals surface area contributed by atoms with Crippen molar-refractivity contribution in [2.24, 2.45) is 11.7 Å². The summed E-state index contributed by atoms with van der Waals surface area (Å²) in [7, 11) is -3.58. The Labute approximate surface area is 148 Å². The maximum Gasteiger partial charge on any atom is 0.309 e. The number of primary amides is 1. The molecule has 1 saturated heterocycles. The third kappa shape index (κ3) is 4.38. The van der Waals surface area contributed by atoms with Crippen LogP contribution in [0.15, 0.2) is 23.1 Å². The van der Waals surface area contributed by atoms with Gasteiger partial charge in [-0.25, -0.2) is 8.42 Å². The number of aryl methyl sites for hydroxylation is 2. The van der Waals surface area contributed by atoms with Crippen molar-refractivity contribution in [3.05, 3.63) is 29.3 Å². The molecule has 138 valence electrons. The Hall–Kier alpha value is -1.93. The number of piperidine rings is 1. The molecule has 0 radical (unpaired) electrons. The number of carbonyl (C=O) groups excluding carboxylic acids is 2. The van der Waals surface area contributed by atoms with Gasteiger partial charge in [0.1, 0.15) is 0 Å². The number of rotatable bonds is 5. The fourth-order valence-corrected chi connectivity index (χ4v) is 4.24. The van der Waals surface area contributed by atoms with E-state index in [-0.39, 0.29) is 18.0 Å². The molecule has 1 aromatic rings. The highest BCUT2D eigenvalue weighted by molar-refractivity contribution is 7.89. The molecule has 1 heterocycles. The van der Waals surface area contributed by atoms with Gasteiger partial charge >= 0.3 is 5.97 Å². The van der Waals surface area contributed by atoms with Crippen molar-refractivity contribution in [1.29, 1.82) is 0 Å². The maximum absolute atomic E-state index is 12.7. The van der Waals surface area contributed by atoms with Crippen molar-refractivity contribution in [2.45, 2.75) is 44.6 Å². The van der Waals surface area contributed by atoms with Crippen molar-refractivity contribution in [3.63, 3.8) is 0 Å². The zero-order chi connectivity index (χ0) is 18.8. The lowest BCUT2D eigenvalue weighted by Crippen LogP contribution is -2.41. The Bertz CT molecular complexity index is 767. The third-order valence-electron chi connectivity index (χ3n) is 4.60. The predicted octanol–water partition coefficient (Wildman–Crippen LogP) is 1.12. The van der Waals surface area contributed by atoms with Gasteiger partial charge in [-0.15, -0.1) is 0 Å². The van der Waals surface area contributed by atoms with Gasteiger partial charge in [-0.3, -0.25) is 9.59 Å². The molecule has 1 aliphatic heterocycles. The van der Waals surface area contributed by atoms with Crippen molar-refractivity contribution in [1.82, 2.24) is 4.31 Å². The zero-order valence-electron chi connectivity index (χ0n) is 14.7. The van der Waals surface area contributed by atoms with Crippen LogP contribution in [0.2, 0.25) is 0 Å². The van der Waals surface area contributed by atoms with E-state index < -0.39 is 33.9 Å². The van der Waals surface area contributed by atoms with E-state index >= 15 is 0 Å². The van der Waals surface area contributed by atoms with Crippen molar-refractivity contribution >= 4 is 21.9 Å². The first-order valence-electron chi connectivity index (χ1n) is 8.20. The van der Waals surface area contributed by atoms with E-state index in [2.05, 4.69) is 0 Å². The summed E-state index contributed by atoms with van der Waals surface area (Å²) in [5, 5.41) is 0.